The number of fused-ring (bicyclic) bond motifs is 2. The molecule has 1 saturated heterocycles. The molecule has 17 heavy (non-hydrogen) atoms. The Labute approximate surface area is 102 Å². The molecule has 1 saturated carbocycles. The summed E-state index contributed by atoms with van der Waals surface area (Å²) in [4.78, 5) is 12.0. The van der Waals surface area contributed by atoms with Crippen LogP contribution in [0.3, 0.4) is 0 Å². The molecule has 94 valence electrons. The van der Waals surface area contributed by atoms with E-state index in [1.807, 2.05) is 0 Å². The van der Waals surface area contributed by atoms with E-state index in [2.05, 4.69) is 12.2 Å². The van der Waals surface area contributed by atoms with Crippen LogP contribution in [0.5, 0.6) is 0 Å². The van der Waals surface area contributed by atoms with Gasteiger partial charge in [-0.3, -0.25) is 4.79 Å². The minimum absolute atomic E-state index is 0.00368. The number of esters is 1. The lowest BCUT2D eigenvalue weighted by molar-refractivity contribution is -0.154. The third kappa shape index (κ3) is 2.39. The average Bonchev–Trinajstić information content (AvgIpc) is 2.99. The topological polar surface area (TPSA) is 35.5 Å². The van der Waals surface area contributed by atoms with Gasteiger partial charge < -0.3 is 9.47 Å². The molecule has 4 unspecified atom stereocenters. The fourth-order valence-corrected chi connectivity index (χ4v) is 3.27. The van der Waals surface area contributed by atoms with Crippen LogP contribution in [0.15, 0.2) is 12.2 Å². The molecule has 0 radical (unpaired) electrons. The third-order valence-corrected chi connectivity index (χ3v) is 4.27. The summed E-state index contributed by atoms with van der Waals surface area (Å²) >= 11 is 0. The van der Waals surface area contributed by atoms with Crippen molar-refractivity contribution >= 4 is 5.97 Å². The lowest BCUT2D eigenvalue weighted by atomic mass is 9.94. The highest BCUT2D eigenvalue weighted by Crippen LogP contribution is 2.43. The molecule has 3 nitrogen and oxygen atoms in total. The van der Waals surface area contributed by atoms with Crippen LogP contribution in [-0.4, -0.2) is 25.3 Å². The Balaban J connectivity index is 1.45. The fourth-order valence-electron chi connectivity index (χ4n) is 3.27. The first kappa shape index (κ1) is 11.3. The van der Waals surface area contributed by atoms with Crippen molar-refractivity contribution in [3.05, 3.63) is 12.2 Å². The van der Waals surface area contributed by atoms with Crippen molar-refractivity contribution in [3.63, 3.8) is 0 Å². The van der Waals surface area contributed by atoms with Gasteiger partial charge in [0.1, 0.15) is 6.61 Å². The number of carbonyl (C=O) groups excluding carboxylic acids is 1. The van der Waals surface area contributed by atoms with E-state index in [4.69, 9.17) is 9.47 Å². The van der Waals surface area contributed by atoms with Crippen molar-refractivity contribution < 1.29 is 14.3 Å². The number of hydrogen-bond donors (Lipinski definition) is 0. The normalized spacial score (nSPS) is 39.5. The summed E-state index contributed by atoms with van der Waals surface area (Å²) < 4.78 is 11.0. The zero-order chi connectivity index (χ0) is 11.7. The zero-order valence-electron chi connectivity index (χ0n) is 10.1. The molecule has 2 fully saturated rings. The van der Waals surface area contributed by atoms with Crippen LogP contribution in [0.25, 0.3) is 0 Å². The summed E-state index contributed by atoms with van der Waals surface area (Å²) in [6, 6.07) is 0. The van der Waals surface area contributed by atoms with Gasteiger partial charge >= 0.3 is 5.97 Å². The van der Waals surface area contributed by atoms with E-state index in [9.17, 15) is 4.79 Å². The summed E-state index contributed by atoms with van der Waals surface area (Å²) in [5.74, 6) is 1.19. The minimum atomic E-state index is -0.00368. The number of hydrogen-bond acceptors (Lipinski definition) is 3. The maximum Gasteiger partial charge on any atom is 0.309 e. The summed E-state index contributed by atoms with van der Waals surface area (Å²) in [6.07, 6.45) is 10.1. The van der Waals surface area contributed by atoms with Crippen LogP contribution in [0.1, 0.15) is 32.1 Å². The largest absolute Gasteiger partial charge is 0.463 e. The number of ether oxygens (including phenoxy) is 2. The first-order valence-corrected chi connectivity index (χ1v) is 6.79. The van der Waals surface area contributed by atoms with Gasteiger partial charge in [0, 0.05) is 6.61 Å². The molecule has 0 spiro atoms. The van der Waals surface area contributed by atoms with Crippen molar-refractivity contribution in [2.45, 2.75) is 38.2 Å². The molecule has 0 N–H and O–H groups in total. The Morgan fingerprint density at radius 3 is 2.88 bits per heavy atom. The minimum Gasteiger partial charge on any atom is -0.463 e. The van der Waals surface area contributed by atoms with Crippen LogP contribution in [0.2, 0.25) is 0 Å². The van der Waals surface area contributed by atoms with E-state index in [-0.39, 0.29) is 18.0 Å². The van der Waals surface area contributed by atoms with Crippen molar-refractivity contribution in [1.29, 1.82) is 0 Å². The van der Waals surface area contributed by atoms with E-state index in [1.54, 1.807) is 0 Å². The number of carbonyl (C=O) groups is 1. The molecule has 4 atom stereocenters. The second kappa shape index (κ2) is 4.81. The monoisotopic (exact) mass is 236 g/mol. The van der Waals surface area contributed by atoms with Crippen LogP contribution < -0.4 is 0 Å². The lowest BCUT2D eigenvalue weighted by Gasteiger charge is -2.23. The van der Waals surface area contributed by atoms with Crippen molar-refractivity contribution in [3.8, 4) is 0 Å². The molecular formula is C14H20O3. The van der Waals surface area contributed by atoms with E-state index < -0.39 is 0 Å². The highest BCUT2D eigenvalue weighted by Gasteiger charge is 2.40. The van der Waals surface area contributed by atoms with Gasteiger partial charge in [-0.05, 0) is 43.9 Å². The SMILES string of the molecule is O=C(OCC1CCCCO1)C1CC2C=CC1C2. The second-order valence-electron chi connectivity index (χ2n) is 5.51. The second-order valence-corrected chi connectivity index (χ2v) is 5.51. The summed E-state index contributed by atoms with van der Waals surface area (Å²) in [5.41, 5.74) is 0. The van der Waals surface area contributed by atoms with Gasteiger partial charge in [0.25, 0.3) is 0 Å². The van der Waals surface area contributed by atoms with Gasteiger partial charge in [-0.25, -0.2) is 0 Å². The van der Waals surface area contributed by atoms with Crippen LogP contribution >= 0.6 is 0 Å². The molecule has 1 heterocycles. The average molecular weight is 236 g/mol. The molecular weight excluding hydrogens is 216 g/mol. The molecule has 3 heteroatoms. The van der Waals surface area contributed by atoms with E-state index in [0.717, 1.165) is 32.3 Å². The van der Waals surface area contributed by atoms with Gasteiger partial charge in [-0.1, -0.05) is 12.2 Å². The highest BCUT2D eigenvalue weighted by atomic mass is 16.6. The molecule has 0 aromatic heterocycles. The Morgan fingerprint density at radius 2 is 2.24 bits per heavy atom. The van der Waals surface area contributed by atoms with Gasteiger partial charge in [-0.15, -0.1) is 0 Å². The van der Waals surface area contributed by atoms with E-state index in [0.29, 0.717) is 18.4 Å². The molecule has 3 rings (SSSR count). The highest BCUT2D eigenvalue weighted by molar-refractivity contribution is 5.74. The summed E-state index contributed by atoms with van der Waals surface area (Å²) in [5, 5.41) is 0. The molecule has 1 aliphatic heterocycles. The molecule has 2 aliphatic carbocycles. The van der Waals surface area contributed by atoms with Crippen LogP contribution in [-0.2, 0) is 14.3 Å². The summed E-state index contributed by atoms with van der Waals surface area (Å²) in [6.45, 7) is 1.27. The Kier molecular flexibility index (Phi) is 3.19. The number of rotatable bonds is 3. The molecule has 0 amide bonds. The molecule has 0 aromatic carbocycles. The summed E-state index contributed by atoms with van der Waals surface area (Å²) in [7, 11) is 0. The van der Waals surface area contributed by atoms with Crippen LogP contribution in [0, 0.1) is 17.8 Å². The Bertz CT molecular complexity index is 317. The molecule has 2 bridgehead atoms. The number of allylic oxidation sites excluding steroid dienone is 2. The van der Waals surface area contributed by atoms with Crippen molar-refractivity contribution in [2.75, 3.05) is 13.2 Å². The quantitative estimate of drug-likeness (QED) is 0.557. The van der Waals surface area contributed by atoms with Gasteiger partial charge in [0.2, 0.25) is 0 Å². The predicted molar refractivity (Wildman–Crippen MR) is 63.4 cm³/mol. The zero-order valence-corrected chi connectivity index (χ0v) is 10.1. The van der Waals surface area contributed by atoms with E-state index >= 15 is 0 Å². The maximum absolute atomic E-state index is 12.0. The molecule has 0 aromatic rings. The van der Waals surface area contributed by atoms with E-state index in [1.165, 1.54) is 6.42 Å². The maximum atomic E-state index is 12.0. The third-order valence-electron chi connectivity index (χ3n) is 4.27. The Hall–Kier alpha value is -0.830. The predicted octanol–water partition coefficient (Wildman–Crippen LogP) is 2.31. The van der Waals surface area contributed by atoms with Gasteiger partial charge in [0.05, 0.1) is 12.0 Å². The first-order chi connectivity index (χ1) is 8.33. The van der Waals surface area contributed by atoms with Crippen molar-refractivity contribution in [1.82, 2.24) is 0 Å². The first-order valence-electron chi connectivity index (χ1n) is 6.79. The lowest BCUT2D eigenvalue weighted by Crippen LogP contribution is -2.29. The Morgan fingerprint density at radius 1 is 1.29 bits per heavy atom. The van der Waals surface area contributed by atoms with Crippen molar-refractivity contribution in [2.24, 2.45) is 17.8 Å². The standard InChI is InChI=1S/C14H20O3/c15-14(13-8-10-4-5-11(13)7-10)17-9-12-3-1-2-6-16-12/h4-5,10-13H,1-3,6-9H2. The van der Waals surface area contributed by atoms with Gasteiger partial charge in [-0.2, -0.15) is 0 Å². The van der Waals surface area contributed by atoms with Crippen LogP contribution in [0.4, 0.5) is 0 Å². The molecule has 3 aliphatic rings. The van der Waals surface area contributed by atoms with Gasteiger partial charge in [0.15, 0.2) is 0 Å². The fraction of sp³-hybridized carbons (Fsp3) is 0.786. The smallest absolute Gasteiger partial charge is 0.309 e.